The van der Waals surface area contributed by atoms with E-state index in [1.807, 2.05) is 114 Å². The predicted molar refractivity (Wildman–Crippen MR) is 308 cm³/mol. The Morgan fingerprint density at radius 2 is 1.28 bits per heavy atom. The lowest BCUT2D eigenvalue weighted by atomic mass is 10.1. The van der Waals surface area contributed by atoms with Gasteiger partial charge in [-0.2, -0.15) is 35.0 Å². The van der Waals surface area contributed by atoms with Crippen molar-refractivity contribution in [3.05, 3.63) is 137 Å². The molecule has 2 N–H and O–H groups in total. The fraction of sp³-hybridized carbons (Fsp3) is 0.345. The van der Waals surface area contributed by atoms with Gasteiger partial charge in [-0.15, -0.1) is 11.3 Å². The summed E-state index contributed by atoms with van der Waals surface area (Å²) in [6.45, 7) is 10.2. The lowest BCUT2D eigenvalue weighted by Gasteiger charge is -2.28. The summed E-state index contributed by atoms with van der Waals surface area (Å²) in [7, 11) is 6.80. The Balaban J connectivity index is 1.10. The molecule has 1 amide bonds. The van der Waals surface area contributed by atoms with Crippen LogP contribution in [-0.2, 0) is 19.9 Å². The van der Waals surface area contributed by atoms with Gasteiger partial charge in [0.15, 0.2) is 17.3 Å². The van der Waals surface area contributed by atoms with Crippen molar-refractivity contribution >= 4 is 58.2 Å². The first-order chi connectivity index (χ1) is 38.2. The van der Waals surface area contributed by atoms with Crippen LogP contribution in [-0.4, -0.2) is 113 Å². The van der Waals surface area contributed by atoms with E-state index in [1.54, 1.807) is 44.8 Å². The summed E-state index contributed by atoms with van der Waals surface area (Å²) in [5, 5.41) is 13.2. The van der Waals surface area contributed by atoms with E-state index in [-0.39, 0.29) is 24.5 Å². The standard InChI is InChI=1S/C58H69N13O6S/c1-8-30-69(31-9-2)55-63-56(66-58(65-55)77-35-28-41-17-14-20-46(38-41)73-5)71(45-25-23-44(24-26-45)59-52(72)43-18-12-11-13-19-43)34-16-33-70(32-10-3)54-61-53(60-51-40-47(68(4)67-51)50-21-15-37-78-50)62-57(64-54)76-36-29-42-22-27-48(74-6)49(39-42)75-7/h11-15,17-27,37-40H,8-10,16,28-36H2,1-7H3,(H,59,72)(H,60,61,62,64,67). The fourth-order valence-electron chi connectivity index (χ4n) is 8.67. The average Bonchev–Trinajstić information content (AvgIpc) is 4.15. The zero-order valence-electron chi connectivity index (χ0n) is 45.5. The molecule has 0 radical (unpaired) electrons. The number of aromatic nitrogens is 8. The van der Waals surface area contributed by atoms with Gasteiger partial charge in [0.05, 0.1) is 45.1 Å². The Bertz CT molecular complexity index is 3140. The molecule has 0 aliphatic rings. The molecule has 8 rings (SSSR count). The molecule has 0 bridgehead atoms. The van der Waals surface area contributed by atoms with Gasteiger partial charge in [0.1, 0.15) is 5.75 Å². The zero-order chi connectivity index (χ0) is 54.6. The minimum atomic E-state index is -0.202. The van der Waals surface area contributed by atoms with Crippen LogP contribution in [0.25, 0.3) is 10.6 Å². The van der Waals surface area contributed by atoms with Crippen molar-refractivity contribution in [2.24, 2.45) is 7.05 Å². The van der Waals surface area contributed by atoms with E-state index in [9.17, 15) is 4.79 Å². The summed E-state index contributed by atoms with van der Waals surface area (Å²) >= 11 is 1.64. The van der Waals surface area contributed by atoms with E-state index in [1.165, 1.54) is 0 Å². The molecular weight excluding hydrogens is 1010 g/mol. The number of methoxy groups -OCH3 is 3. The molecule has 0 saturated heterocycles. The van der Waals surface area contributed by atoms with Crippen molar-refractivity contribution in [3.63, 3.8) is 0 Å². The average molecular weight is 1080 g/mol. The Morgan fingerprint density at radius 1 is 0.615 bits per heavy atom. The molecule has 0 aliphatic carbocycles. The lowest BCUT2D eigenvalue weighted by Crippen LogP contribution is -2.32. The van der Waals surface area contributed by atoms with Gasteiger partial charge < -0.3 is 49.0 Å². The van der Waals surface area contributed by atoms with Gasteiger partial charge in [-0.25, -0.2) is 0 Å². The van der Waals surface area contributed by atoms with Crippen molar-refractivity contribution in [3.8, 4) is 39.8 Å². The third kappa shape index (κ3) is 15.1. The number of rotatable bonds is 30. The minimum absolute atomic E-state index is 0.167. The smallest absolute Gasteiger partial charge is 0.323 e. The Labute approximate surface area is 460 Å². The maximum Gasteiger partial charge on any atom is 0.323 e. The van der Waals surface area contributed by atoms with E-state index in [4.69, 9.17) is 58.7 Å². The lowest BCUT2D eigenvalue weighted by molar-refractivity contribution is 0.102. The molecule has 19 nitrogen and oxygen atoms in total. The first kappa shape index (κ1) is 55.7. The van der Waals surface area contributed by atoms with Gasteiger partial charge in [0.25, 0.3) is 5.91 Å². The third-order valence-electron chi connectivity index (χ3n) is 12.5. The summed E-state index contributed by atoms with van der Waals surface area (Å²) in [6, 6.07) is 37.0. The van der Waals surface area contributed by atoms with E-state index >= 15 is 0 Å². The molecule has 8 aromatic rings. The molecule has 0 fully saturated rings. The van der Waals surface area contributed by atoms with Gasteiger partial charge >= 0.3 is 12.0 Å². The highest BCUT2D eigenvalue weighted by molar-refractivity contribution is 7.13. The molecule has 0 saturated carbocycles. The molecule has 0 unspecified atom stereocenters. The second kappa shape index (κ2) is 28.0. The second-order valence-corrected chi connectivity index (χ2v) is 19.1. The van der Waals surface area contributed by atoms with Crippen LogP contribution in [0.15, 0.2) is 121 Å². The first-order valence-corrected chi connectivity index (χ1v) is 27.3. The topological polar surface area (TPSA) is 192 Å². The Morgan fingerprint density at radius 3 is 1.95 bits per heavy atom. The number of carbonyl (C=O) groups is 1. The van der Waals surface area contributed by atoms with Crippen LogP contribution >= 0.6 is 11.3 Å². The quantitative estimate of drug-likeness (QED) is 0.0432. The molecular formula is C58H69N13O6S. The number of hydrogen-bond donors (Lipinski definition) is 2. The molecule has 0 spiro atoms. The monoisotopic (exact) mass is 1080 g/mol. The van der Waals surface area contributed by atoms with Crippen molar-refractivity contribution < 1.29 is 28.5 Å². The number of nitrogens with one attached hydrogen (secondary N) is 2. The van der Waals surface area contributed by atoms with Crippen LogP contribution < -0.4 is 49.0 Å². The van der Waals surface area contributed by atoms with Crippen LogP contribution in [0, 0.1) is 0 Å². The van der Waals surface area contributed by atoms with E-state index < -0.39 is 0 Å². The molecule has 0 atom stereocenters. The molecule has 0 aliphatic heterocycles. The maximum atomic E-state index is 13.2. The highest BCUT2D eigenvalue weighted by atomic mass is 32.1. The second-order valence-electron chi connectivity index (χ2n) is 18.2. The number of benzene rings is 4. The largest absolute Gasteiger partial charge is 0.497 e. The van der Waals surface area contributed by atoms with Crippen molar-refractivity contribution in [1.82, 2.24) is 39.7 Å². The van der Waals surface area contributed by atoms with Gasteiger partial charge in [0, 0.05) is 75.6 Å². The molecule has 4 heterocycles. The summed E-state index contributed by atoms with van der Waals surface area (Å²) in [6.07, 6.45) is 4.40. The molecule has 4 aromatic carbocycles. The summed E-state index contributed by atoms with van der Waals surface area (Å²) in [4.78, 5) is 50.4. The number of aryl methyl sites for hydroxylation is 1. The normalized spacial score (nSPS) is 11.0. The van der Waals surface area contributed by atoms with Gasteiger partial charge in [-0.1, -0.05) is 63.2 Å². The highest BCUT2D eigenvalue weighted by Crippen LogP contribution is 2.31. The number of thiophene rings is 1. The SMILES string of the molecule is CCCN(CCCN(c1ccc(NC(=O)c2ccccc2)cc1)c1nc(OCCc2cccc(OC)c2)nc(N(CCC)CCC)n1)c1nc(Nc2cc(-c3cccs3)n(C)n2)nc(OCCc2ccc(OC)c(OC)c2)n1. The molecule has 78 heavy (non-hydrogen) atoms. The van der Waals surface area contributed by atoms with Crippen LogP contribution in [0.3, 0.4) is 0 Å². The van der Waals surface area contributed by atoms with Crippen LogP contribution in [0.2, 0.25) is 0 Å². The number of ether oxygens (including phenoxy) is 5. The molecule has 4 aromatic heterocycles. The van der Waals surface area contributed by atoms with E-state index in [0.29, 0.717) is 97.9 Å². The molecule has 20 heteroatoms. The van der Waals surface area contributed by atoms with Crippen molar-refractivity contribution in [1.29, 1.82) is 0 Å². The zero-order valence-corrected chi connectivity index (χ0v) is 46.3. The Kier molecular flexibility index (Phi) is 20.0. The Hall–Kier alpha value is -8.52. The summed E-state index contributed by atoms with van der Waals surface area (Å²) in [5.41, 5.74) is 5.04. The number of amides is 1. The van der Waals surface area contributed by atoms with Crippen LogP contribution in [0.4, 0.5) is 41.0 Å². The predicted octanol–water partition coefficient (Wildman–Crippen LogP) is 10.9. The minimum Gasteiger partial charge on any atom is -0.497 e. The van der Waals surface area contributed by atoms with Crippen molar-refractivity contribution in [2.75, 3.05) is 92.6 Å². The van der Waals surface area contributed by atoms with Gasteiger partial charge in [0.2, 0.25) is 23.8 Å². The highest BCUT2D eigenvalue weighted by Gasteiger charge is 2.22. The number of hydrogen-bond acceptors (Lipinski definition) is 18. The van der Waals surface area contributed by atoms with Crippen molar-refractivity contribution in [2.45, 2.75) is 59.3 Å². The van der Waals surface area contributed by atoms with Gasteiger partial charge in [-0.05, 0) is 109 Å². The van der Waals surface area contributed by atoms with Crippen LogP contribution in [0.5, 0.6) is 29.3 Å². The number of carbonyl (C=O) groups excluding carboxylic acids is 1. The fourth-order valence-corrected chi connectivity index (χ4v) is 9.44. The number of anilines is 7. The van der Waals surface area contributed by atoms with Crippen LogP contribution in [0.1, 0.15) is 67.9 Å². The third-order valence-corrected chi connectivity index (χ3v) is 13.4. The van der Waals surface area contributed by atoms with E-state index in [0.717, 1.165) is 65.5 Å². The first-order valence-electron chi connectivity index (χ1n) is 26.4. The van der Waals surface area contributed by atoms with Gasteiger partial charge in [-0.3, -0.25) is 9.48 Å². The maximum absolute atomic E-state index is 13.2. The van der Waals surface area contributed by atoms with E-state index in [2.05, 4.69) is 52.2 Å². The molecule has 408 valence electrons. The number of nitrogens with zero attached hydrogens (tertiary/aromatic N) is 11. The summed E-state index contributed by atoms with van der Waals surface area (Å²) < 4.78 is 31.0. The summed E-state index contributed by atoms with van der Waals surface area (Å²) in [5.74, 6) is 4.13.